The Morgan fingerprint density at radius 3 is 2.42 bits per heavy atom. The predicted octanol–water partition coefficient (Wildman–Crippen LogP) is 4.23. The Morgan fingerprint density at radius 1 is 0.970 bits per heavy atom. The molecular formula is C23H20FN5O3S. The molecule has 4 rings (SSSR count). The third-order valence-corrected chi connectivity index (χ3v) is 5.32. The van der Waals surface area contributed by atoms with E-state index in [1.165, 1.54) is 16.8 Å². The summed E-state index contributed by atoms with van der Waals surface area (Å²) >= 11 is 1.12. The number of nitrogen functional groups attached to an aromatic ring is 1. The summed E-state index contributed by atoms with van der Waals surface area (Å²) in [5, 5.41) is 11.0. The van der Waals surface area contributed by atoms with Crippen molar-refractivity contribution in [3.05, 3.63) is 90.5 Å². The van der Waals surface area contributed by atoms with E-state index in [9.17, 15) is 9.18 Å². The van der Waals surface area contributed by atoms with Crippen LogP contribution in [0.2, 0.25) is 0 Å². The number of para-hydroxylation sites is 2. The molecule has 3 aromatic carbocycles. The lowest BCUT2D eigenvalue weighted by Crippen LogP contribution is -2.18. The van der Waals surface area contributed by atoms with Crippen LogP contribution >= 0.6 is 11.8 Å². The minimum Gasteiger partial charge on any atom is -0.482 e. The van der Waals surface area contributed by atoms with E-state index in [1.807, 2.05) is 30.3 Å². The van der Waals surface area contributed by atoms with Crippen LogP contribution in [0.4, 0.5) is 10.1 Å². The van der Waals surface area contributed by atoms with Gasteiger partial charge in [-0.25, -0.2) is 9.07 Å². The summed E-state index contributed by atoms with van der Waals surface area (Å²) in [5.41, 5.74) is 0.634. The number of anilines is 1. The molecule has 1 aromatic heterocycles. The van der Waals surface area contributed by atoms with Gasteiger partial charge in [0.25, 0.3) is 0 Å². The van der Waals surface area contributed by atoms with Gasteiger partial charge in [-0.1, -0.05) is 42.1 Å². The Kier molecular flexibility index (Phi) is 7.06. The molecule has 0 atom stereocenters. The van der Waals surface area contributed by atoms with Crippen LogP contribution in [0.3, 0.4) is 0 Å². The first-order valence-corrected chi connectivity index (χ1v) is 10.9. The van der Waals surface area contributed by atoms with Gasteiger partial charge in [0.15, 0.2) is 17.4 Å². The van der Waals surface area contributed by atoms with Crippen molar-refractivity contribution < 1.29 is 18.7 Å². The van der Waals surface area contributed by atoms with Crippen molar-refractivity contribution in [1.82, 2.24) is 14.9 Å². The zero-order valence-electron chi connectivity index (χ0n) is 17.3. The number of aromatic nitrogens is 3. The van der Waals surface area contributed by atoms with Crippen LogP contribution in [0.1, 0.15) is 5.82 Å². The van der Waals surface area contributed by atoms with E-state index in [2.05, 4.69) is 15.5 Å². The van der Waals surface area contributed by atoms with Crippen molar-refractivity contribution in [1.29, 1.82) is 0 Å². The zero-order valence-corrected chi connectivity index (χ0v) is 18.2. The number of halogens is 1. The molecule has 0 fully saturated rings. The fourth-order valence-corrected chi connectivity index (χ4v) is 3.44. The fourth-order valence-electron chi connectivity index (χ4n) is 2.77. The molecule has 1 heterocycles. The highest BCUT2D eigenvalue weighted by atomic mass is 32.2. The predicted molar refractivity (Wildman–Crippen MR) is 123 cm³/mol. The van der Waals surface area contributed by atoms with Gasteiger partial charge in [0.05, 0.1) is 5.75 Å². The normalized spacial score (nSPS) is 10.6. The third kappa shape index (κ3) is 6.01. The number of nitrogens with one attached hydrogen (secondary N) is 1. The number of benzene rings is 3. The summed E-state index contributed by atoms with van der Waals surface area (Å²) in [4.78, 5) is 12.3. The largest absolute Gasteiger partial charge is 0.482 e. The van der Waals surface area contributed by atoms with Gasteiger partial charge in [-0.3, -0.25) is 4.79 Å². The highest BCUT2D eigenvalue weighted by Gasteiger charge is 2.14. The highest BCUT2D eigenvalue weighted by Crippen LogP contribution is 2.23. The molecule has 0 saturated heterocycles. The first kappa shape index (κ1) is 22.2. The molecule has 10 heteroatoms. The van der Waals surface area contributed by atoms with Crippen molar-refractivity contribution >= 4 is 23.4 Å². The number of nitrogens with zero attached hydrogens (tertiary/aromatic N) is 3. The van der Waals surface area contributed by atoms with E-state index in [1.54, 1.807) is 36.4 Å². The van der Waals surface area contributed by atoms with Crippen LogP contribution in [-0.4, -0.2) is 26.5 Å². The number of carbonyl (C=O) groups excluding carboxylic acids is 1. The van der Waals surface area contributed by atoms with Gasteiger partial charge in [0.2, 0.25) is 11.1 Å². The quantitative estimate of drug-likeness (QED) is 0.282. The number of hydrogen-bond acceptors (Lipinski definition) is 7. The maximum atomic E-state index is 13.7. The molecule has 4 aromatic rings. The molecule has 0 aliphatic rings. The second-order valence-corrected chi connectivity index (χ2v) is 7.71. The second kappa shape index (κ2) is 10.5. The van der Waals surface area contributed by atoms with Gasteiger partial charge < -0.3 is 20.6 Å². The molecule has 0 aliphatic carbocycles. The Balaban J connectivity index is 1.26. The van der Waals surface area contributed by atoms with Gasteiger partial charge in [-0.15, -0.1) is 10.2 Å². The van der Waals surface area contributed by atoms with Gasteiger partial charge in [-0.2, -0.15) is 0 Å². The molecule has 8 nitrogen and oxygen atoms in total. The molecule has 0 unspecified atom stereocenters. The summed E-state index contributed by atoms with van der Waals surface area (Å²) in [5.74, 6) is 7.13. The molecule has 168 valence electrons. The molecule has 0 bridgehead atoms. The van der Waals surface area contributed by atoms with Gasteiger partial charge in [-0.05, 0) is 48.5 Å². The summed E-state index contributed by atoms with van der Waals surface area (Å²) < 4.78 is 26.0. The van der Waals surface area contributed by atoms with Crippen LogP contribution in [0.15, 0.2) is 84.0 Å². The average molecular weight is 466 g/mol. The lowest BCUT2D eigenvalue weighted by atomic mass is 10.3. The summed E-state index contributed by atoms with van der Waals surface area (Å²) in [6.45, 7) is -0.0609. The van der Waals surface area contributed by atoms with E-state index in [-0.39, 0.29) is 24.0 Å². The lowest BCUT2D eigenvalue weighted by molar-refractivity contribution is -0.113. The van der Waals surface area contributed by atoms with Crippen LogP contribution < -0.4 is 20.6 Å². The summed E-state index contributed by atoms with van der Waals surface area (Å²) in [6.07, 6.45) is 0. The Morgan fingerprint density at radius 2 is 1.67 bits per heavy atom. The molecule has 0 radical (unpaired) electrons. The smallest absolute Gasteiger partial charge is 0.234 e. The summed E-state index contributed by atoms with van der Waals surface area (Å²) in [7, 11) is 0. The minimum absolute atomic E-state index is 0.0609. The Labute approximate surface area is 193 Å². The monoisotopic (exact) mass is 465 g/mol. The first-order chi connectivity index (χ1) is 16.1. The maximum Gasteiger partial charge on any atom is 0.234 e. The number of thioether (sulfide) groups is 1. The van der Waals surface area contributed by atoms with Gasteiger partial charge in [0.1, 0.15) is 18.1 Å². The number of ether oxygens (including phenoxy) is 2. The lowest BCUT2D eigenvalue weighted by Gasteiger charge is -2.08. The van der Waals surface area contributed by atoms with Crippen molar-refractivity contribution in [2.75, 3.05) is 16.9 Å². The van der Waals surface area contributed by atoms with Crippen molar-refractivity contribution in [3.8, 4) is 17.2 Å². The highest BCUT2D eigenvalue weighted by molar-refractivity contribution is 7.99. The molecule has 3 N–H and O–H groups in total. The molecule has 33 heavy (non-hydrogen) atoms. The molecular weight excluding hydrogens is 445 g/mol. The van der Waals surface area contributed by atoms with Gasteiger partial charge >= 0.3 is 0 Å². The SMILES string of the molecule is Nn1c(COc2ccccc2F)nnc1SCC(=O)Nc1ccc(Oc2ccccc2)cc1. The van der Waals surface area contributed by atoms with Crippen LogP contribution in [-0.2, 0) is 11.4 Å². The van der Waals surface area contributed by atoms with E-state index in [4.69, 9.17) is 15.3 Å². The van der Waals surface area contributed by atoms with Crippen molar-refractivity contribution in [2.24, 2.45) is 0 Å². The van der Waals surface area contributed by atoms with E-state index < -0.39 is 5.82 Å². The number of nitrogens with two attached hydrogens (primary N) is 1. The number of hydrogen-bond donors (Lipinski definition) is 2. The van der Waals surface area contributed by atoms with Crippen molar-refractivity contribution in [3.63, 3.8) is 0 Å². The molecule has 1 amide bonds. The Bertz CT molecular complexity index is 1220. The molecule has 0 spiro atoms. The average Bonchev–Trinajstić information content (AvgIpc) is 3.18. The number of amides is 1. The molecule has 0 aliphatic heterocycles. The number of rotatable bonds is 9. The number of carbonyl (C=O) groups is 1. The van der Waals surface area contributed by atoms with E-state index in [0.717, 1.165) is 17.5 Å². The van der Waals surface area contributed by atoms with Crippen LogP contribution in [0.25, 0.3) is 0 Å². The van der Waals surface area contributed by atoms with E-state index in [0.29, 0.717) is 22.4 Å². The molecule has 0 saturated carbocycles. The second-order valence-electron chi connectivity index (χ2n) is 6.76. The zero-order chi connectivity index (χ0) is 23.0. The van der Waals surface area contributed by atoms with Crippen LogP contribution in [0, 0.1) is 5.82 Å². The third-order valence-electron chi connectivity index (χ3n) is 4.38. The first-order valence-electron chi connectivity index (χ1n) is 9.91. The minimum atomic E-state index is -0.480. The summed E-state index contributed by atoms with van der Waals surface area (Å²) in [6, 6.07) is 22.5. The standard InChI is InChI=1S/C23H20FN5O3S/c24-19-8-4-5-9-20(19)31-14-21-27-28-23(29(21)25)33-15-22(30)26-16-10-12-18(13-11-16)32-17-6-2-1-3-7-17/h1-13H,14-15,25H2,(H,26,30). The van der Waals surface area contributed by atoms with Gasteiger partial charge in [0, 0.05) is 5.69 Å². The topological polar surface area (TPSA) is 104 Å². The Hall–Kier alpha value is -4.05. The van der Waals surface area contributed by atoms with E-state index >= 15 is 0 Å². The maximum absolute atomic E-state index is 13.7. The van der Waals surface area contributed by atoms with Crippen LogP contribution in [0.5, 0.6) is 17.2 Å². The fraction of sp³-hybridized carbons (Fsp3) is 0.0870. The van der Waals surface area contributed by atoms with Crippen molar-refractivity contribution in [2.45, 2.75) is 11.8 Å².